The van der Waals surface area contributed by atoms with Gasteiger partial charge in [0.1, 0.15) is 5.75 Å². The van der Waals surface area contributed by atoms with Crippen LogP contribution in [0, 0.1) is 0 Å². The van der Waals surface area contributed by atoms with E-state index in [1.165, 1.54) is 0 Å². The van der Waals surface area contributed by atoms with E-state index in [9.17, 15) is 4.79 Å². The van der Waals surface area contributed by atoms with Crippen LogP contribution in [-0.4, -0.2) is 47.9 Å². The smallest absolute Gasteiger partial charge is 0.225 e. The Bertz CT molecular complexity index is 1060. The molecule has 2 aromatic heterocycles. The predicted octanol–water partition coefficient (Wildman–Crippen LogP) is 4.21. The Morgan fingerprint density at radius 3 is 2.37 bits per heavy atom. The molecule has 138 valence electrons. The summed E-state index contributed by atoms with van der Waals surface area (Å²) in [7, 11) is 4.11. The SMILES string of the molecule is CN(C)CCCOc1ccc2[nH]c(C(=O)c3cc4ccccc4[nH]3)cc2c1. The number of carbonyl (C=O) groups excluding carboxylic acids is 1. The van der Waals surface area contributed by atoms with Gasteiger partial charge in [0.2, 0.25) is 5.78 Å². The number of fused-ring (bicyclic) bond motifs is 2. The standard InChI is InChI=1S/C22H23N3O2/c1-25(2)10-5-11-27-17-8-9-19-16(12-17)14-21(24-19)22(26)20-13-15-6-3-4-7-18(15)23-20/h3-4,6-9,12-14,23-24H,5,10-11H2,1-2H3. The van der Waals surface area contributed by atoms with Crippen LogP contribution >= 0.6 is 0 Å². The molecule has 0 unspecified atom stereocenters. The van der Waals surface area contributed by atoms with E-state index in [1.807, 2.05) is 54.6 Å². The van der Waals surface area contributed by atoms with Crippen molar-refractivity contribution in [3.05, 3.63) is 66.0 Å². The molecule has 2 heterocycles. The number of hydrogen-bond donors (Lipinski definition) is 2. The van der Waals surface area contributed by atoms with Gasteiger partial charge in [-0.15, -0.1) is 0 Å². The predicted molar refractivity (Wildman–Crippen MR) is 109 cm³/mol. The van der Waals surface area contributed by atoms with E-state index in [4.69, 9.17) is 4.74 Å². The number of benzene rings is 2. The van der Waals surface area contributed by atoms with Gasteiger partial charge in [0.05, 0.1) is 18.0 Å². The van der Waals surface area contributed by atoms with E-state index < -0.39 is 0 Å². The molecule has 0 aliphatic heterocycles. The highest BCUT2D eigenvalue weighted by Crippen LogP contribution is 2.24. The number of nitrogens with one attached hydrogen (secondary N) is 2. The second-order valence-electron chi connectivity index (χ2n) is 7.04. The summed E-state index contributed by atoms with van der Waals surface area (Å²) in [5.41, 5.74) is 3.05. The van der Waals surface area contributed by atoms with Gasteiger partial charge in [-0.2, -0.15) is 0 Å². The van der Waals surface area contributed by atoms with Crippen LogP contribution in [0.15, 0.2) is 54.6 Å². The van der Waals surface area contributed by atoms with E-state index in [1.54, 1.807) is 0 Å². The molecule has 2 aromatic carbocycles. The molecule has 0 saturated carbocycles. The highest BCUT2D eigenvalue weighted by molar-refractivity contribution is 6.11. The second-order valence-corrected chi connectivity index (χ2v) is 7.04. The zero-order valence-corrected chi connectivity index (χ0v) is 15.6. The van der Waals surface area contributed by atoms with Crippen molar-refractivity contribution in [2.75, 3.05) is 27.2 Å². The number of H-pyrrole nitrogens is 2. The molecule has 0 bridgehead atoms. The van der Waals surface area contributed by atoms with Crippen LogP contribution in [0.2, 0.25) is 0 Å². The first-order chi connectivity index (χ1) is 13.1. The van der Waals surface area contributed by atoms with Gasteiger partial charge in [0.15, 0.2) is 0 Å². The summed E-state index contributed by atoms with van der Waals surface area (Å²) >= 11 is 0. The van der Waals surface area contributed by atoms with Gasteiger partial charge in [-0.25, -0.2) is 0 Å². The molecule has 0 atom stereocenters. The average molecular weight is 361 g/mol. The Hall–Kier alpha value is -3.05. The Morgan fingerprint density at radius 2 is 1.63 bits per heavy atom. The lowest BCUT2D eigenvalue weighted by Crippen LogP contribution is -2.15. The summed E-state index contributed by atoms with van der Waals surface area (Å²) in [6.45, 7) is 1.67. The van der Waals surface area contributed by atoms with E-state index >= 15 is 0 Å². The maximum Gasteiger partial charge on any atom is 0.225 e. The number of para-hydroxylation sites is 1. The van der Waals surface area contributed by atoms with Crippen LogP contribution in [0.1, 0.15) is 22.6 Å². The first kappa shape index (κ1) is 17.4. The quantitative estimate of drug-likeness (QED) is 0.383. The zero-order chi connectivity index (χ0) is 18.8. The van der Waals surface area contributed by atoms with Crippen LogP contribution in [0.25, 0.3) is 21.8 Å². The highest BCUT2D eigenvalue weighted by atomic mass is 16.5. The number of ether oxygens (including phenoxy) is 1. The first-order valence-corrected chi connectivity index (χ1v) is 9.13. The van der Waals surface area contributed by atoms with Crippen LogP contribution in [0.4, 0.5) is 0 Å². The zero-order valence-electron chi connectivity index (χ0n) is 15.6. The van der Waals surface area contributed by atoms with Gasteiger partial charge in [-0.3, -0.25) is 4.79 Å². The lowest BCUT2D eigenvalue weighted by Gasteiger charge is -2.10. The van der Waals surface area contributed by atoms with Gasteiger partial charge in [0, 0.05) is 28.4 Å². The molecule has 0 radical (unpaired) electrons. The van der Waals surface area contributed by atoms with Gasteiger partial charge in [-0.05, 0) is 56.9 Å². The minimum atomic E-state index is -0.0455. The van der Waals surface area contributed by atoms with Crippen LogP contribution in [0.3, 0.4) is 0 Å². The normalized spacial score (nSPS) is 11.5. The third-order valence-electron chi connectivity index (χ3n) is 4.63. The third-order valence-corrected chi connectivity index (χ3v) is 4.63. The molecule has 0 aliphatic rings. The summed E-state index contributed by atoms with van der Waals surface area (Å²) < 4.78 is 5.83. The van der Waals surface area contributed by atoms with Crippen molar-refractivity contribution in [2.24, 2.45) is 0 Å². The van der Waals surface area contributed by atoms with Crippen LogP contribution in [-0.2, 0) is 0 Å². The van der Waals surface area contributed by atoms with Crippen molar-refractivity contribution in [1.29, 1.82) is 0 Å². The number of ketones is 1. The molecule has 0 amide bonds. The van der Waals surface area contributed by atoms with Crippen molar-refractivity contribution >= 4 is 27.6 Å². The van der Waals surface area contributed by atoms with Crippen molar-refractivity contribution in [2.45, 2.75) is 6.42 Å². The molecule has 2 N–H and O–H groups in total. The van der Waals surface area contributed by atoms with E-state index in [0.29, 0.717) is 18.0 Å². The van der Waals surface area contributed by atoms with Gasteiger partial charge in [-0.1, -0.05) is 18.2 Å². The fourth-order valence-electron chi connectivity index (χ4n) is 3.23. The minimum Gasteiger partial charge on any atom is -0.494 e. The van der Waals surface area contributed by atoms with Gasteiger partial charge < -0.3 is 19.6 Å². The molecule has 0 fully saturated rings. The van der Waals surface area contributed by atoms with Crippen LogP contribution < -0.4 is 4.74 Å². The highest BCUT2D eigenvalue weighted by Gasteiger charge is 2.15. The van der Waals surface area contributed by atoms with Gasteiger partial charge in [0.25, 0.3) is 0 Å². The van der Waals surface area contributed by atoms with Crippen molar-refractivity contribution < 1.29 is 9.53 Å². The number of hydrogen-bond acceptors (Lipinski definition) is 3. The van der Waals surface area contributed by atoms with Gasteiger partial charge >= 0.3 is 0 Å². The second kappa shape index (κ2) is 7.29. The van der Waals surface area contributed by atoms with Crippen molar-refractivity contribution in [3.8, 4) is 5.75 Å². The molecule has 0 aliphatic carbocycles. The van der Waals surface area contributed by atoms with E-state index in [-0.39, 0.29) is 5.78 Å². The number of aromatic amines is 2. The molecule has 4 aromatic rings. The van der Waals surface area contributed by atoms with Crippen molar-refractivity contribution in [3.63, 3.8) is 0 Å². The topological polar surface area (TPSA) is 61.1 Å². The average Bonchev–Trinajstić information content (AvgIpc) is 3.28. The lowest BCUT2D eigenvalue weighted by molar-refractivity contribution is 0.103. The van der Waals surface area contributed by atoms with Crippen molar-refractivity contribution in [1.82, 2.24) is 14.9 Å². The fraction of sp³-hybridized carbons (Fsp3) is 0.227. The molecule has 27 heavy (non-hydrogen) atoms. The molecular formula is C22H23N3O2. The summed E-state index contributed by atoms with van der Waals surface area (Å²) in [6.07, 6.45) is 0.974. The number of rotatable bonds is 7. The Kier molecular flexibility index (Phi) is 4.69. The fourth-order valence-corrected chi connectivity index (χ4v) is 3.23. The first-order valence-electron chi connectivity index (χ1n) is 9.13. The summed E-state index contributed by atoms with van der Waals surface area (Å²) in [4.78, 5) is 21.4. The largest absolute Gasteiger partial charge is 0.494 e. The minimum absolute atomic E-state index is 0.0455. The molecule has 4 rings (SSSR count). The molecule has 0 saturated heterocycles. The van der Waals surface area contributed by atoms with Crippen LogP contribution in [0.5, 0.6) is 5.75 Å². The molecule has 5 heteroatoms. The number of nitrogens with zero attached hydrogens (tertiary/aromatic N) is 1. The van der Waals surface area contributed by atoms with E-state index in [0.717, 1.165) is 40.5 Å². The maximum atomic E-state index is 12.8. The monoisotopic (exact) mass is 361 g/mol. The Balaban J connectivity index is 1.53. The third kappa shape index (κ3) is 3.73. The summed E-state index contributed by atoms with van der Waals surface area (Å²) in [5.74, 6) is 0.778. The maximum absolute atomic E-state index is 12.8. The summed E-state index contributed by atoms with van der Waals surface area (Å²) in [5, 5.41) is 2.00. The lowest BCUT2D eigenvalue weighted by atomic mass is 10.2. The Morgan fingerprint density at radius 1 is 0.926 bits per heavy atom. The number of aromatic nitrogens is 2. The van der Waals surface area contributed by atoms with E-state index in [2.05, 4.69) is 29.0 Å². The molecular weight excluding hydrogens is 338 g/mol. The summed E-state index contributed by atoms with van der Waals surface area (Å²) in [6, 6.07) is 17.5. The molecule has 5 nitrogen and oxygen atoms in total. The number of carbonyl (C=O) groups is 1. The molecule has 0 spiro atoms. The Labute approximate surface area is 157 Å².